The molecule has 1 aromatic rings. The second kappa shape index (κ2) is 6.52. The number of carbonyl (C=O) groups excluding carboxylic acids is 1. The second-order valence-electron chi connectivity index (χ2n) is 5.59. The van der Waals surface area contributed by atoms with Gasteiger partial charge in [0.25, 0.3) is 5.91 Å². The van der Waals surface area contributed by atoms with Crippen molar-refractivity contribution in [3.8, 4) is 0 Å². The van der Waals surface area contributed by atoms with E-state index < -0.39 is 32.7 Å². The number of benzene rings is 1. The predicted octanol–water partition coefficient (Wildman–Crippen LogP) is 0.193. The fourth-order valence-electron chi connectivity index (χ4n) is 2.23. The Labute approximate surface area is 133 Å². The van der Waals surface area contributed by atoms with Crippen molar-refractivity contribution in [1.29, 1.82) is 0 Å². The third-order valence-corrected chi connectivity index (χ3v) is 5.14. The summed E-state index contributed by atoms with van der Waals surface area (Å²) in [5.41, 5.74) is 0.210. The Morgan fingerprint density at radius 2 is 2.13 bits per heavy atom. The maximum Gasteiger partial charge on any atom is 0.254 e. The van der Waals surface area contributed by atoms with Crippen LogP contribution in [-0.4, -0.2) is 46.2 Å². The summed E-state index contributed by atoms with van der Waals surface area (Å²) in [5.74, 6) is -1.26. The monoisotopic (exact) mass is 343 g/mol. The van der Waals surface area contributed by atoms with Crippen molar-refractivity contribution in [2.45, 2.75) is 29.9 Å². The number of rotatable bonds is 5. The minimum absolute atomic E-state index is 0.126. The molecule has 0 aromatic heterocycles. The number of carbonyl (C=O) groups is 1. The summed E-state index contributed by atoms with van der Waals surface area (Å²) < 4.78 is 45.9. The SMILES string of the molecule is O=C(Nc1ccc(F)c(S(=O)(=O)NC2CC2)c1)C1CNCCO1. The van der Waals surface area contributed by atoms with Gasteiger partial charge in [0, 0.05) is 24.8 Å². The number of halogens is 1. The van der Waals surface area contributed by atoms with Crippen LogP contribution in [0.25, 0.3) is 0 Å². The number of hydrogen-bond donors (Lipinski definition) is 3. The van der Waals surface area contributed by atoms with E-state index in [4.69, 9.17) is 4.74 Å². The first-order valence-electron chi connectivity index (χ1n) is 7.41. The van der Waals surface area contributed by atoms with Crippen LogP contribution >= 0.6 is 0 Å². The zero-order valence-electron chi connectivity index (χ0n) is 12.3. The molecular weight excluding hydrogens is 325 g/mol. The molecule has 0 spiro atoms. The Hall–Kier alpha value is -1.55. The summed E-state index contributed by atoms with van der Waals surface area (Å²) in [7, 11) is -3.93. The van der Waals surface area contributed by atoms with Crippen molar-refractivity contribution < 1.29 is 22.3 Å². The maximum atomic E-state index is 13.9. The number of anilines is 1. The molecule has 1 amide bonds. The highest BCUT2D eigenvalue weighted by Gasteiger charge is 2.30. The topological polar surface area (TPSA) is 96.5 Å². The number of nitrogens with one attached hydrogen (secondary N) is 3. The van der Waals surface area contributed by atoms with Gasteiger partial charge in [0.2, 0.25) is 10.0 Å². The summed E-state index contributed by atoms with van der Waals surface area (Å²) in [5, 5.41) is 5.58. The van der Waals surface area contributed by atoms with Gasteiger partial charge < -0.3 is 15.4 Å². The van der Waals surface area contributed by atoms with Crippen LogP contribution in [0, 0.1) is 5.82 Å². The van der Waals surface area contributed by atoms with E-state index in [9.17, 15) is 17.6 Å². The van der Waals surface area contributed by atoms with E-state index in [0.29, 0.717) is 19.7 Å². The van der Waals surface area contributed by atoms with Crippen molar-refractivity contribution >= 4 is 21.6 Å². The van der Waals surface area contributed by atoms with Crippen LogP contribution < -0.4 is 15.4 Å². The number of hydrogen-bond acceptors (Lipinski definition) is 5. The number of amides is 1. The molecule has 1 aliphatic heterocycles. The summed E-state index contributed by atoms with van der Waals surface area (Å²) in [6.45, 7) is 1.48. The molecule has 0 bridgehead atoms. The van der Waals surface area contributed by atoms with Crippen LogP contribution in [0.15, 0.2) is 23.1 Å². The summed E-state index contributed by atoms with van der Waals surface area (Å²) in [4.78, 5) is 11.6. The highest BCUT2D eigenvalue weighted by Crippen LogP contribution is 2.25. The first-order valence-corrected chi connectivity index (χ1v) is 8.89. The molecule has 9 heteroatoms. The second-order valence-corrected chi connectivity index (χ2v) is 7.28. The molecule has 1 saturated heterocycles. The van der Waals surface area contributed by atoms with Crippen molar-refractivity contribution in [3.63, 3.8) is 0 Å². The molecule has 126 valence electrons. The van der Waals surface area contributed by atoms with Crippen LogP contribution in [0.1, 0.15) is 12.8 Å². The third-order valence-electron chi connectivity index (χ3n) is 3.61. The molecule has 23 heavy (non-hydrogen) atoms. The first kappa shape index (κ1) is 16.3. The zero-order chi connectivity index (χ0) is 16.4. The molecular formula is C14H18FN3O4S. The number of morpholine rings is 1. The van der Waals surface area contributed by atoms with E-state index in [2.05, 4.69) is 15.4 Å². The molecule has 1 saturated carbocycles. The maximum absolute atomic E-state index is 13.9. The molecule has 1 aromatic carbocycles. The summed E-state index contributed by atoms with van der Waals surface area (Å²) in [6, 6.07) is 3.34. The van der Waals surface area contributed by atoms with Gasteiger partial charge in [-0.05, 0) is 31.0 Å². The summed E-state index contributed by atoms with van der Waals surface area (Å²) in [6.07, 6.45) is 0.852. The van der Waals surface area contributed by atoms with E-state index >= 15 is 0 Å². The highest BCUT2D eigenvalue weighted by atomic mass is 32.2. The van der Waals surface area contributed by atoms with E-state index in [1.165, 1.54) is 6.07 Å². The van der Waals surface area contributed by atoms with Crippen molar-refractivity contribution in [2.24, 2.45) is 0 Å². The number of ether oxygens (including phenoxy) is 1. The largest absolute Gasteiger partial charge is 0.366 e. The average Bonchev–Trinajstić information content (AvgIpc) is 3.33. The third kappa shape index (κ3) is 4.05. The molecule has 0 radical (unpaired) electrons. The fraction of sp³-hybridized carbons (Fsp3) is 0.500. The normalized spacial score (nSPS) is 21.9. The highest BCUT2D eigenvalue weighted by molar-refractivity contribution is 7.89. The molecule has 3 N–H and O–H groups in total. The van der Waals surface area contributed by atoms with Gasteiger partial charge in [-0.1, -0.05) is 0 Å². The minimum Gasteiger partial charge on any atom is -0.366 e. The zero-order valence-corrected chi connectivity index (χ0v) is 13.2. The Bertz CT molecular complexity index is 700. The minimum atomic E-state index is -3.93. The molecule has 2 aliphatic rings. The van der Waals surface area contributed by atoms with Gasteiger partial charge in [-0.15, -0.1) is 0 Å². The number of sulfonamides is 1. The van der Waals surface area contributed by atoms with Crippen LogP contribution in [0.2, 0.25) is 0 Å². The van der Waals surface area contributed by atoms with Gasteiger partial charge in [0.05, 0.1) is 6.61 Å². The fourth-order valence-corrected chi connectivity index (χ4v) is 3.64. The van der Waals surface area contributed by atoms with Gasteiger partial charge in [-0.25, -0.2) is 17.5 Å². The lowest BCUT2D eigenvalue weighted by Gasteiger charge is -2.22. The molecule has 1 atom stereocenters. The standard InChI is InChI=1S/C14H18FN3O4S/c15-11-4-3-10(17-14(19)12-8-16-5-6-22-12)7-13(11)23(20,21)18-9-1-2-9/h3-4,7,9,12,16,18H,1-2,5-6,8H2,(H,17,19). The molecule has 3 rings (SSSR count). The van der Waals surface area contributed by atoms with Gasteiger partial charge in [0.15, 0.2) is 0 Å². The molecule has 1 unspecified atom stereocenters. The summed E-state index contributed by atoms with van der Waals surface area (Å²) >= 11 is 0. The molecule has 1 heterocycles. The van der Waals surface area contributed by atoms with E-state index in [0.717, 1.165) is 25.0 Å². The Morgan fingerprint density at radius 1 is 1.35 bits per heavy atom. The van der Waals surface area contributed by atoms with Gasteiger partial charge in [0.1, 0.15) is 16.8 Å². The predicted molar refractivity (Wildman–Crippen MR) is 81.0 cm³/mol. The van der Waals surface area contributed by atoms with Crippen LogP contribution in [0.4, 0.5) is 10.1 Å². The lowest BCUT2D eigenvalue weighted by molar-refractivity contribution is -0.128. The Kier molecular flexibility index (Phi) is 4.62. The molecule has 7 nitrogen and oxygen atoms in total. The molecule has 2 fully saturated rings. The van der Waals surface area contributed by atoms with Gasteiger partial charge >= 0.3 is 0 Å². The average molecular weight is 343 g/mol. The van der Waals surface area contributed by atoms with Crippen LogP contribution in [0.5, 0.6) is 0 Å². The van der Waals surface area contributed by atoms with Crippen LogP contribution in [0.3, 0.4) is 0 Å². The van der Waals surface area contributed by atoms with Crippen LogP contribution in [-0.2, 0) is 19.6 Å². The van der Waals surface area contributed by atoms with E-state index in [1.54, 1.807) is 0 Å². The van der Waals surface area contributed by atoms with Crippen molar-refractivity contribution in [2.75, 3.05) is 25.0 Å². The molecule has 1 aliphatic carbocycles. The van der Waals surface area contributed by atoms with Gasteiger partial charge in [-0.2, -0.15) is 0 Å². The van der Waals surface area contributed by atoms with Gasteiger partial charge in [-0.3, -0.25) is 4.79 Å². The quantitative estimate of drug-likeness (QED) is 0.709. The lowest BCUT2D eigenvalue weighted by Crippen LogP contribution is -2.45. The van der Waals surface area contributed by atoms with Crippen molar-refractivity contribution in [1.82, 2.24) is 10.0 Å². The Morgan fingerprint density at radius 3 is 2.78 bits per heavy atom. The van der Waals surface area contributed by atoms with E-state index in [-0.39, 0.29) is 11.7 Å². The van der Waals surface area contributed by atoms with E-state index in [1.807, 2.05) is 0 Å². The lowest BCUT2D eigenvalue weighted by atomic mass is 10.2. The van der Waals surface area contributed by atoms with Crippen molar-refractivity contribution in [3.05, 3.63) is 24.0 Å². The Balaban J connectivity index is 1.75. The first-order chi connectivity index (χ1) is 11.0. The smallest absolute Gasteiger partial charge is 0.254 e.